The predicted molar refractivity (Wildman–Crippen MR) is 67.1 cm³/mol. The molecule has 16 heavy (non-hydrogen) atoms. The zero-order chi connectivity index (χ0) is 11.4. The molecule has 1 aliphatic heterocycles. The second-order valence-electron chi connectivity index (χ2n) is 4.08. The van der Waals surface area contributed by atoms with E-state index >= 15 is 0 Å². The van der Waals surface area contributed by atoms with Gasteiger partial charge in [-0.15, -0.1) is 0 Å². The van der Waals surface area contributed by atoms with Gasteiger partial charge < -0.3 is 10.1 Å². The molecular formula is C12H17NO2S. The van der Waals surface area contributed by atoms with Gasteiger partial charge in [0.2, 0.25) is 0 Å². The molecule has 0 aromatic heterocycles. The summed E-state index contributed by atoms with van der Waals surface area (Å²) < 4.78 is 16.6. The van der Waals surface area contributed by atoms with E-state index in [1.807, 2.05) is 24.3 Å². The monoisotopic (exact) mass is 239 g/mol. The van der Waals surface area contributed by atoms with Crippen molar-refractivity contribution >= 4 is 16.5 Å². The standard InChI is InChI=1S/C12H17NO2S/c1-16(14)9-10-4-2-3-5-12(10)13-11-6-7-15-8-11/h2-5,11,13H,6-9H2,1H3. The van der Waals surface area contributed by atoms with Crippen molar-refractivity contribution in [2.75, 3.05) is 24.8 Å². The normalized spacial score (nSPS) is 21.9. The second-order valence-corrected chi connectivity index (χ2v) is 5.51. The molecule has 1 heterocycles. The Morgan fingerprint density at radius 3 is 3.00 bits per heavy atom. The molecule has 0 radical (unpaired) electrons. The van der Waals surface area contributed by atoms with Crippen molar-refractivity contribution in [1.29, 1.82) is 0 Å². The van der Waals surface area contributed by atoms with Crippen LogP contribution < -0.4 is 5.32 Å². The first-order valence-electron chi connectivity index (χ1n) is 5.48. The molecule has 1 aromatic carbocycles. The third kappa shape index (κ3) is 3.06. The number of ether oxygens (including phenoxy) is 1. The fraction of sp³-hybridized carbons (Fsp3) is 0.500. The quantitative estimate of drug-likeness (QED) is 0.870. The average Bonchev–Trinajstić information content (AvgIpc) is 2.73. The molecule has 0 aliphatic carbocycles. The fourth-order valence-electron chi connectivity index (χ4n) is 1.87. The molecule has 3 nitrogen and oxygen atoms in total. The Bertz CT molecular complexity index is 375. The minimum Gasteiger partial charge on any atom is -0.380 e. The molecule has 1 saturated heterocycles. The summed E-state index contributed by atoms with van der Waals surface area (Å²) in [7, 11) is -0.801. The summed E-state index contributed by atoms with van der Waals surface area (Å²) in [5.41, 5.74) is 2.21. The van der Waals surface area contributed by atoms with Crippen molar-refractivity contribution in [1.82, 2.24) is 0 Å². The molecule has 0 bridgehead atoms. The van der Waals surface area contributed by atoms with Gasteiger partial charge in [-0.1, -0.05) is 18.2 Å². The van der Waals surface area contributed by atoms with Crippen molar-refractivity contribution < 1.29 is 8.95 Å². The van der Waals surface area contributed by atoms with E-state index in [0.717, 1.165) is 30.9 Å². The van der Waals surface area contributed by atoms with Crippen molar-refractivity contribution in [3.8, 4) is 0 Å². The zero-order valence-corrected chi connectivity index (χ0v) is 10.3. The maximum Gasteiger partial charge on any atom is 0.0668 e. The third-order valence-electron chi connectivity index (χ3n) is 2.67. The van der Waals surface area contributed by atoms with Gasteiger partial charge in [-0.25, -0.2) is 0 Å². The summed E-state index contributed by atoms with van der Waals surface area (Å²) in [5.74, 6) is 0.608. The Hall–Kier alpha value is -0.870. The van der Waals surface area contributed by atoms with E-state index < -0.39 is 10.8 Å². The van der Waals surface area contributed by atoms with Crippen LogP contribution in [-0.2, 0) is 21.3 Å². The van der Waals surface area contributed by atoms with E-state index in [1.54, 1.807) is 6.26 Å². The third-order valence-corrected chi connectivity index (χ3v) is 3.38. The van der Waals surface area contributed by atoms with E-state index in [-0.39, 0.29) is 0 Å². The van der Waals surface area contributed by atoms with Gasteiger partial charge in [0.25, 0.3) is 0 Å². The molecule has 2 rings (SSSR count). The topological polar surface area (TPSA) is 38.3 Å². The second kappa shape index (κ2) is 5.46. The number of rotatable bonds is 4. The zero-order valence-electron chi connectivity index (χ0n) is 9.44. The highest BCUT2D eigenvalue weighted by Crippen LogP contribution is 2.19. The van der Waals surface area contributed by atoms with Crippen LogP contribution in [0.15, 0.2) is 24.3 Å². The molecule has 2 unspecified atom stereocenters. The predicted octanol–water partition coefficient (Wildman–Crippen LogP) is 1.77. The molecule has 1 N–H and O–H groups in total. The van der Waals surface area contributed by atoms with Crippen molar-refractivity contribution in [2.24, 2.45) is 0 Å². The van der Waals surface area contributed by atoms with Crippen LogP contribution in [0, 0.1) is 0 Å². The van der Waals surface area contributed by atoms with Crippen molar-refractivity contribution in [2.45, 2.75) is 18.2 Å². The molecule has 88 valence electrons. The van der Waals surface area contributed by atoms with Crippen LogP contribution in [0.5, 0.6) is 0 Å². The van der Waals surface area contributed by atoms with Gasteiger partial charge in [0.05, 0.1) is 18.4 Å². The first-order chi connectivity index (χ1) is 7.75. The van der Waals surface area contributed by atoms with Crippen LogP contribution in [0.3, 0.4) is 0 Å². The smallest absolute Gasteiger partial charge is 0.0668 e. The van der Waals surface area contributed by atoms with Crippen LogP contribution in [0.2, 0.25) is 0 Å². The van der Waals surface area contributed by atoms with Crippen LogP contribution in [0.1, 0.15) is 12.0 Å². The Labute approximate surface area is 98.7 Å². The molecule has 4 heteroatoms. The van der Waals surface area contributed by atoms with Gasteiger partial charge >= 0.3 is 0 Å². The minimum absolute atomic E-state index is 0.395. The maximum atomic E-state index is 11.3. The average molecular weight is 239 g/mol. The molecular weight excluding hydrogens is 222 g/mol. The Kier molecular flexibility index (Phi) is 3.96. The summed E-state index contributed by atoms with van der Waals surface area (Å²) in [4.78, 5) is 0. The summed E-state index contributed by atoms with van der Waals surface area (Å²) in [5, 5.41) is 3.46. The molecule has 1 fully saturated rings. The van der Waals surface area contributed by atoms with Crippen molar-refractivity contribution in [3.05, 3.63) is 29.8 Å². The van der Waals surface area contributed by atoms with Gasteiger partial charge in [0, 0.05) is 29.3 Å². The van der Waals surface area contributed by atoms with Gasteiger partial charge in [-0.2, -0.15) is 0 Å². The van der Waals surface area contributed by atoms with E-state index in [1.165, 1.54) is 0 Å². The summed E-state index contributed by atoms with van der Waals surface area (Å²) in [6.45, 7) is 1.60. The Balaban J connectivity index is 2.09. The largest absolute Gasteiger partial charge is 0.380 e. The van der Waals surface area contributed by atoms with Crippen LogP contribution in [0.25, 0.3) is 0 Å². The highest BCUT2D eigenvalue weighted by molar-refractivity contribution is 7.83. The lowest BCUT2D eigenvalue weighted by atomic mass is 10.1. The highest BCUT2D eigenvalue weighted by Gasteiger charge is 2.16. The van der Waals surface area contributed by atoms with Crippen LogP contribution in [-0.4, -0.2) is 29.7 Å². The fourth-order valence-corrected chi connectivity index (χ4v) is 2.56. The van der Waals surface area contributed by atoms with Gasteiger partial charge in [-0.3, -0.25) is 4.21 Å². The van der Waals surface area contributed by atoms with Crippen LogP contribution >= 0.6 is 0 Å². The molecule has 1 aliphatic rings. The van der Waals surface area contributed by atoms with Gasteiger partial charge in [0.1, 0.15) is 0 Å². The number of hydrogen-bond acceptors (Lipinski definition) is 3. The van der Waals surface area contributed by atoms with Crippen LogP contribution in [0.4, 0.5) is 5.69 Å². The Morgan fingerprint density at radius 2 is 2.31 bits per heavy atom. The van der Waals surface area contributed by atoms with E-state index in [0.29, 0.717) is 11.8 Å². The number of hydrogen-bond donors (Lipinski definition) is 1. The summed E-state index contributed by atoms with van der Waals surface area (Å²) >= 11 is 0. The maximum absolute atomic E-state index is 11.3. The number of para-hydroxylation sites is 1. The lowest BCUT2D eigenvalue weighted by molar-refractivity contribution is 0.195. The first-order valence-corrected chi connectivity index (χ1v) is 7.20. The summed E-state index contributed by atoms with van der Waals surface area (Å²) in [6.07, 6.45) is 2.78. The summed E-state index contributed by atoms with van der Waals surface area (Å²) in [6, 6.07) is 8.45. The lowest BCUT2D eigenvalue weighted by Crippen LogP contribution is -2.20. The molecule has 0 saturated carbocycles. The van der Waals surface area contributed by atoms with E-state index in [4.69, 9.17) is 4.74 Å². The molecule has 1 aromatic rings. The SMILES string of the molecule is CS(=O)Cc1ccccc1NC1CCOC1. The first kappa shape index (κ1) is 11.6. The number of anilines is 1. The van der Waals surface area contributed by atoms with Gasteiger partial charge in [0.15, 0.2) is 0 Å². The van der Waals surface area contributed by atoms with Gasteiger partial charge in [-0.05, 0) is 18.1 Å². The molecule has 0 spiro atoms. The minimum atomic E-state index is -0.801. The van der Waals surface area contributed by atoms with E-state index in [2.05, 4.69) is 5.32 Å². The number of nitrogens with one attached hydrogen (secondary N) is 1. The Morgan fingerprint density at radius 1 is 1.50 bits per heavy atom. The number of benzene rings is 1. The highest BCUT2D eigenvalue weighted by atomic mass is 32.2. The lowest BCUT2D eigenvalue weighted by Gasteiger charge is -2.15. The van der Waals surface area contributed by atoms with Crippen molar-refractivity contribution in [3.63, 3.8) is 0 Å². The van der Waals surface area contributed by atoms with E-state index in [9.17, 15) is 4.21 Å². The molecule has 2 atom stereocenters. The molecule has 0 amide bonds.